The second-order valence-corrected chi connectivity index (χ2v) is 7.50. The van der Waals surface area contributed by atoms with Crippen LogP contribution in [-0.4, -0.2) is 35.3 Å². The minimum absolute atomic E-state index is 0.277. The first-order valence-electron chi connectivity index (χ1n) is 9.75. The zero-order valence-electron chi connectivity index (χ0n) is 16.4. The highest BCUT2D eigenvalue weighted by molar-refractivity contribution is 6.00. The van der Waals surface area contributed by atoms with Gasteiger partial charge in [-0.25, -0.2) is 9.37 Å². The zero-order valence-corrected chi connectivity index (χ0v) is 16.4. The average molecular weight is 409 g/mol. The Kier molecular flexibility index (Phi) is 3.73. The van der Waals surface area contributed by atoms with E-state index in [4.69, 9.17) is 0 Å². The second kappa shape index (κ2) is 6.60. The number of nitrogens with zero attached hydrogens (tertiary/aromatic N) is 4. The highest BCUT2D eigenvalue weighted by Crippen LogP contribution is 2.34. The molecule has 0 fully saturated rings. The molecular formula is C23H16FN7. The summed E-state index contributed by atoms with van der Waals surface area (Å²) in [6.07, 6.45) is 7.09. The lowest BCUT2D eigenvalue weighted by Crippen LogP contribution is -1.87. The van der Waals surface area contributed by atoms with Crippen LogP contribution in [0.3, 0.4) is 0 Å². The molecule has 0 amide bonds. The minimum atomic E-state index is -0.277. The summed E-state index contributed by atoms with van der Waals surface area (Å²) in [5, 5.41) is 16.1. The van der Waals surface area contributed by atoms with E-state index in [2.05, 4.69) is 35.3 Å². The molecule has 0 atom stereocenters. The van der Waals surface area contributed by atoms with Gasteiger partial charge in [0, 0.05) is 51.6 Å². The van der Waals surface area contributed by atoms with Gasteiger partial charge >= 0.3 is 0 Å². The number of nitrogens with one attached hydrogen (secondary N) is 3. The lowest BCUT2D eigenvalue weighted by Gasteiger charge is -2.04. The zero-order chi connectivity index (χ0) is 20.9. The molecule has 0 aliphatic rings. The van der Waals surface area contributed by atoms with Crippen molar-refractivity contribution in [1.29, 1.82) is 0 Å². The molecule has 7 nitrogen and oxygen atoms in total. The third kappa shape index (κ3) is 2.88. The lowest BCUT2D eigenvalue weighted by atomic mass is 10.0. The number of hydrogen-bond donors (Lipinski definition) is 3. The molecule has 5 heterocycles. The summed E-state index contributed by atoms with van der Waals surface area (Å²) in [5.41, 5.74) is 7.38. The number of aromatic amines is 3. The molecule has 0 saturated carbocycles. The van der Waals surface area contributed by atoms with Crippen molar-refractivity contribution in [3.8, 4) is 33.8 Å². The molecule has 8 heteroatoms. The molecule has 0 unspecified atom stereocenters. The highest BCUT2D eigenvalue weighted by atomic mass is 19.1. The Labute approximate surface area is 175 Å². The minimum Gasteiger partial charge on any atom is -0.353 e. The maximum atomic E-state index is 14.0. The number of pyridine rings is 2. The predicted octanol–water partition coefficient (Wildman–Crippen LogP) is 5.01. The van der Waals surface area contributed by atoms with Gasteiger partial charge in [-0.15, -0.1) is 0 Å². The van der Waals surface area contributed by atoms with E-state index < -0.39 is 0 Å². The molecule has 150 valence electrons. The van der Waals surface area contributed by atoms with Crippen molar-refractivity contribution < 1.29 is 4.39 Å². The van der Waals surface area contributed by atoms with E-state index in [0.717, 1.165) is 55.6 Å². The summed E-state index contributed by atoms with van der Waals surface area (Å²) in [5.74, 6) is -0.277. The number of benzene rings is 1. The molecule has 0 spiro atoms. The molecule has 0 bridgehead atoms. The topological polar surface area (TPSA) is 98.9 Å². The second-order valence-electron chi connectivity index (χ2n) is 7.50. The van der Waals surface area contributed by atoms with Crippen molar-refractivity contribution >= 4 is 21.9 Å². The van der Waals surface area contributed by atoms with Gasteiger partial charge in [-0.05, 0) is 48.9 Å². The highest BCUT2D eigenvalue weighted by Gasteiger charge is 2.16. The maximum Gasteiger partial charge on any atom is 0.155 e. The Morgan fingerprint density at radius 2 is 1.81 bits per heavy atom. The van der Waals surface area contributed by atoms with Crippen molar-refractivity contribution in [3.05, 3.63) is 72.6 Å². The largest absolute Gasteiger partial charge is 0.353 e. The van der Waals surface area contributed by atoms with Crippen LogP contribution in [0.25, 0.3) is 55.7 Å². The summed E-state index contributed by atoms with van der Waals surface area (Å²) in [6, 6.07) is 10.9. The van der Waals surface area contributed by atoms with E-state index >= 15 is 0 Å². The first-order valence-corrected chi connectivity index (χ1v) is 9.75. The van der Waals surface area contributed by atoms with Crippen molar-refractivity contribution in [3.63, 3.8) is 0 Å². The van der Waals surface area contributed by atoms with Gasteiger partial charge in [0.05, 0.1) is 17.6 Å². The quantitative estimate of drug-likeness (QED) is 0.383. The van der Waals surface area contributed by atoms with Gasteiger partial charge in [0.25, 0.3) is 0 Å². The third-order valence-electron chi connectivity index (χ3n) is 5.37. The number of fused-ring (bicyclic) bond motifs is 2. The number of aryl methyl sites for hydroxylation is 1. The Morgan fingerprint density at radius 3 is 2.65 bits per heavy atom. The molecule has 0 radical (unpaired) electrons. The lowest BCUT2D eigenvalue weighted by molar-refractivity contribution is 0.627. The number of aromatic nitrogens is 7. The van der Waals surface area contributed by atoms with Crippen molar-refractivity contribution in [2.24, 2.45) is 0 Å². The summed E-state index contributed by atoms with van der Waals surface area (Å²) in [7, 11) is 0. The number of halogens is 1. The number of rotatable bonds is 3. The molecular weight excluding hydrogens is 393 g/mol. The molecule has 0 aliphatic heterocycles. The van der Waals surface area contributed by atoms with Crippen molar-refractivity contribution in [2.45, 2.75) is 6.92 Å². The smallest absolute Gasteiger partial charge is 0.155 e. The van der Waals surface area contributed by atoms with E-state index in [1.807, 2.05) is 37.4 Å². The normalized spacial score (nSPS) is 11.5. The van der Waals surface area contributed by atoms with Gasteiger partial charge in [-0.3, -0.25) is 15.2 Å². The number of H-pyrrole nitrogens is 3. The number of hydrogen-bond acceptors (Lipinski definition) is 4. The SMILES string of the molecule is Cc1cc(F)cc(-c2nccc3[nH]c(-c4n[nH]c5ncc(-c6cn[nH]c6)cc45)cc23)c1. The van der Waals surface area contributed by atoms with Crippen molar-refractivity contribution in [1.82, 2.24) is 35.3 Å². The first kappa shape index (κ1) is 17.5. The van der Waals surface area contributed by atoms with Crippen LogP contribution in [0.4, 0.5) is 4.39 Å². The first-order chi connectivity index (χ1) is 15.2. The van der Waals surface area contributed by atoms with E-state index in [-0.39, 0.29) is 5.82 Å². The van der Waals surface area contributed by atoms with Crippen LogP contribution in [0.1, 0.15) is 5.56 Å². The third-order valence-corrected chi connectivity index (χ3v) is 5.37. The van der Waals surface area contributed by atoms with E-state index in [9.17, 15) is 4.39 Å². The molecule has 5 aromatic heterocycles. The Balaban J connectivity index is 1.53. The van der Waals surface area contributed by atoms with Gasteiger partial charge in [0.1, 0.15) is 11.5 Å². The van der Waals surface area contributed by atoms with Gasteiger partial charge in [-0.1, -0.05) is 0 Å². The Morgan fingerprint density at radius 1 is 0.871 bits per heavy atom. The van der Waals surface area contributed by atoms with Gasteiger partial charge in [0.2, 0.25) is 0 Å². The monoisotopic (exact) mass is 409 g/mol. The Bertz CT molecular complexity index is 1540. The fraction of sp³-hybridized carbons (Fsp3) is 0.0435. The van der Waals surface area contributed by atoms with Crippen LogP contribution in [-0.2, 0) is 0 Å². The van der Waals surface area contributed by atoms with E-state index in [0.29, 0.717) is 5.65 Å². The predicted molar refractivity (Wildman–Crippen MR) is 117 cm³/mol. The van der Waals surface area contributed by atoms with Crippen LogP contribution in [0, 0.1) is 12.7 Å². The Hall–Kier alpha value is -4.33. The van der Waals surface area contributed by atoms with E-state index in [1.54, 1.807) is 18.6 Å². The van der Waals surface area contributed by atoms with Crippen LogP contribution in [0.15, 0.2) is 61.2 Å². The van der Waals surface area contributed by atoms with Crippen LogP contribution in [0.2, 0.25) is 0 Å². The maximum absolute atomic E-state index is 14.0. The molecule has 6 aromatic rings. The molecule has 31 heavy (non-hydrogen) atoms. The van der Waals surface area contributed by atoms with Crippen LogP contribution < -0.4 is 0 Å². The van der Waals surface area contributed by atoms with Crippen LogP contribution >= 0.6 is 0 Å². The van der Waals surface area contributed by atoms with Gasteiger partial charge < -0.3 is 4.98 Å². The average Bonchev–Trinajstić information content (AvgIpc) is 3.50. The molecule has 1 aromatic carbocycles. The summed E-state index contributed by atoms with van der Waals surface area (Å²) >= 11 is 0. The summed E-state index contributed by atoms with van der Waals surface area (Å²) in [4.78, 5) is 12.4. The molecule has 0 saturated heterocycles. The summed E-state index contributed by atoms with van der Waals surface area (Å²) < 4.78 is 14.0. The molecule has 0 aliphatic carbocycles. The molecule has 3 N–H and O–H groups in total. The van der Waals surface area contributed by atoms with E-state index in [1.165, 1.54) is 12.1 Å². The van der Waals surface area contributed by atoms with Gasteiger partial charge in [0.15, 0.2) is 5.65 Å². The fourth-order valence-corrected chi connectivity index (χ4v) is 3.96. The summed E-state index contributed by atoms with van der Waals surface area (Å²) in [6.45, 7) is 1.87. The van der Waals surface area contributed by atoms with Crippen molar-refractivity contribution in [2.75, 3.05) is 0 Å². The molecule has 6 rings (SSSR count). The fourth-order valence-electron chi connectivity index (χ4n) is 3.96. The van der Waals surface area contributed by atoms with Gasteiger partial charge in [-0.2, -0.15) is 10.2 Å². The standard InChI is InChI=1S/C23H16FN7/c1-12-4-13(6-16(24)5-12)21-17-8-20(29-19(17)2-3-25-21)22-18-7-14(15-10-27-28-11-15)9-26-23(18)31-30-22/h2-11,29H,1H3,(H,27,28)(H,26,30,31). The van der Waals surface area contributed by atoms with Crippen LogP contribution in [0.5, 0.6) is 0 Å².